The van der Waals surface area contributed by atoms with Gasteiger partial charge in [-0.1, -0.05) is 30.3 Å². The Bertz CT molecular complexity index is 1330. The fourth-order valence-corrected chi connectivity index (χ4v) is 3.99. The molecule has 0 heterocycles. The molecule has 0 spiro atoms. The number of rotatable bonds is 9. The number of anilines is 1. The Balaban J connectivity index is 1.86. The average Bonchev–Trinajstić information content (AvgIpc) is 2.83. The van der Waals surface area contributed by atoms with Crippen LogP contribution in [0.3, 0.4) is 0 Å². The van der Waals surface area contributed by atoms with Crippen LogP contribution in [0.15, 0.2) is 66.2 Å². The third kappa shape index (κ3) is 6.80. The molecule has 0 aliphatic heterocycles. The minimum atomic E-state index is -0.513. The molecule has 0 aliphatic carbocycles. The number of hydrogen-bond donors (Lipinski definition) is 1. The van der Waals surface area contributed by atoms with E-state index in [9.17, 15) is 20.2 Å². The molecule has 1 amide bonds. The number of amides is 1. The van der Waals surface area contributed by atoms with E-state index in [1.165, 1.54) is 18.2 Å². The molecule has 0 saturated heterocycles. The Morgan fingerprint density at radius 1 is 1.17 bits per heavy atom. The number of halogens is 1. The first-order valence-corrected chi connectivity index (χ1v) is 11.7. The van der Waals surface area contributed by atoms with Gasteiger partial charge in [0, 0.05) is 17.8 Å². The number of nitro benzene ring substituents is 1. The minimum Gasteiger partial charge on any atom is -0.490 e. The van der Waals surface area contributed by atoms with Gasteiger partial charge in [-0.05, 0) is 77.4 Å². The zero-order valence-electron chi connectivity index (χ0n) is 19.1. The van der Waals surface area contributed by atoms with Gasteiger partial charge in [-0.25, -0.2) is 0 Å². The van der Waals surface area contributed by atoms with Crippen LogP contribution >= 0.6 is 22.6 Å². The van der Waals surface area contributed by atoms with Gasteiger partial charge in [0.25, 0.3) is 11.6 Å². The van der Waals surface area contributed by atoms with Crippen molar-refractivity contribution in [1.82, 2.24) is 0 Å². The van der Waals surface area contributed by atoms with E-state index in [0.29, 0.717) is 38.5 Å². The van der Waals surface area contributed by atoms with Gasteiger partial charge in [0.15, 0.2) is 11.5 Å². The Kier molecular flexibility index (Phi) is 8.80. The van der Waals surface area contributed by atoms with E-state index in [1.54, 1.807) is 30.3 Å². The van der Waals surface area contributed by atoms with Crippen molar-refractivity contribution in [3.63, 3.8) is 0 Å². The van der Waals surface area contributed by atoms with Crippen molar-refractivity contribution in [2.75, 3.05) is 11.9 Å². The molecule has 9 heteroatoms. The summed E-state index contributed by atoms with van der Waals surface area (Å²) >= 11 is 2.08. The van der Waals surface area contributed by atoms with Gasteiger partial charge in [0.2, 0.25) is 0 Å². The fourth-order valence-electron chi connectivity index (χ4n) is 3.21. The molecule has 3 rings (SSSR count). The summed E-state index contributed by atoms with van der Waals surface area (Å²) in [7, 11) is 0. The SMILES string of the molecule is CCOc1cc(/C=C(\C#N)C(=O)Nc2ccccc2C)cc(I)c1OCc1cccc([N+](=O)[O-])c1. The van der Waals surface area contributed by atoms with E-state index in [0.717, 1.165) is 5.56 Å². The lowest BCUT2D eigenvalue weighted by molar-refractivity contribution is -0.384. The second-order valence-electron chi connectivity index (χ2n) is 7.42. The lowest BCUT2D eigenvalue weighted by Gasteiger charge is -2.15. The van der Waals surface area contributed by atoms with Crippen LogP contribution in [0, 0.1) is 31.9 Å². The Hall–Kier alpha value is -3.91. The Labute approximate surface area is 216 Å². The number of carbonyl (C=O) groups excluding carboxylic acids is 1. The quantitative estimate of drug-likeness (QED) is 0.108. The average molecular weight is 583 g/mol. The lowest BCUT2D eigenvalue weighted by Crippen LogP contribution is -2.14. The van der Waals surface area contributed by atoms with E-state index >= 15 is 0 Å². The highest BCUT2D eigenvalue weighted by Crippen LogP contribution is 2.35. The third-order valence-corrected chi connectivity index (χ3v) is 5.71. The van der Waals surface area contributed by atoms with Crippen molar-refractivity contribution in [1.29, 1.82) is 5.26 Å². The fraction of sp³-hybridized carbons (Fsp3) is 0.154. The molecule has 1 N–H and O–H groups in total. The van der Waals surface area contributed by atoms with E-state index < -0.39 is 10.8 Å². The molecule has 3 aromatic carbocycles. The molecule has 0 radical (unpaired) electrons. The van der Waals surface area contributed by atoms with E-state index in [-0.39, 0.29) is 17.9 Å². The van der Waals surface area contributed by atoms with Gasteiger partial charge in [-0.3, -0.25) is 14.9 Å². The summed E-state index contributed by atoms with van der Waals surface area (Å²) in [6, 6.07) is 18.9. The summed E-state index contributed by atoms with van der Waals surface area (Å²) in [4.78, 5) is 23.3. The number of non-ortho nitro benzene ring substituents is 1. The van der Waals surface area contributed by atoms with E-state index in [4.69, 9.17) is 9.47 Å². The highest BCUT2D eigenvalue weighted by atomic mass is 127. The first-order chi connectivity index (χ1) is 16.8. The zero-order chi connectivity index (χ0) is 25.4. The molecule has 0 unspecified atom stereocenters. The van der Waals surface area contributed by atoms with Crippen LogP contribution in [-0.2, 0) is 11.4 Å². The van der Waals surface area contributed by atoms with Crippen LogP contribution < -0.4 is 14.8 Å². The van der Waals surface area contributed by atoms with Crippen molar-refractivity contribution in [2.45, 2.75) is 20.5 Å². The number of nitrogens with one attached hydrogen (secondary N) is 1. The first-order valence-electron chi connectivity index (χ1n) is 10.6. The zero-order valence-corrected chi connectivity index (χ0v) is 21.2. The summed E-state index contributed by atoms with van der Waals surface area (Å²) in [5, 5.41) is 23.4. The van der Waals surface area contributed by atoms with Gasteiger partial charge in [0.1, 0.15) is 18.2 Å². The van der Waals surface area contributed by atoms with E-state index in [2.05, 4.69) is 27.9 Å². The first kappa shape index (κ1) is 25.7. The summed E-state index contributed by atoms with van der Waals surface area (Å²) in [6.07, 6.45) is 1.49. The number of aryl methyl sites for hydroxylation is 1. The standard InChI is InChI=1S/C26H22IN3O5/c1-3-34-24-14-19(11-20(15-28)26(31)29-23-10-5-4-7-17(23)2)13-22(27)25(24)35-16-18-8-6-9-21(12-18)30(32)33/h4-14H,3,16H2,1-2H3,(H,29,31)/b20-11+. The van der Waals surface area contributed by atoms with Crippen LogP contribution in [-0.4, -0.2) is 17.4 Å². The molecular weight excluding hydrogens is 561 g/mol. The second kappa shape index (κ2) is 12.0. The van der Waals surface area contributed by atoms with Crippen LogP contribution in [0.1, 0.15) is 23.6 Å². The Morgan fingerprint density at radius 2 is 1.94 bits per heavy atom. The maximum absolute atomic E-state index is 12.7. The molecule has 0 bridgehead atoms. The van der Waals surface area contributed by atoms with Crippen LogP contribution in [0.5, 0.6) is 11.5 Å². The van der Waals surface area contributed by atoms with Gasteiger partial charge in [-0.15, -0.1) is 0 Å². The number of ether oxygens (including phenoxy) is 2. The number of nitro groups is 1. The smallest absolute Gasteiger partial charge is 0.269 e. The molecular formula is C26H22IN3O5. The minimum absolute atomic E-state index is 0.0145. The highest BCUT2D eigenvalue weighted by Gasteiger charge is 2.16. The van der Waals surface area contributed by atoms with Gasteiger partial charge in [0.05, 0.1) is 15.1 Å². The van der Waals surface area contributed by atoms with Crippen molar-refractivity contribution in [3.05, 3.63) is 96.6 Å². The van der Waals surface area contributed by atoms with Gasteiger partial charge in [-0.2, -0.15) is 5.26 Å². The molecule has 0 fully saturated rings. The van der Waals surface area contributed by atoms with Crippen molar-refractivity contribution in [2.24, 2.45) is 0 Å². The molecule has 0 aromatic heterocycles. The second-order valence-corrected chi connectivity index (χ2v) is 8.58. The largest absolute Gasteiger partial charge is 0.490 e. The maximum atomic E-state index is 12.7. The summed E-state index contributed by atoms with van der Waals surface area (Å²) < 4.78 is 12.4. The monoisotopic (exact) mass is 583 g/mol. The number of para-hydroxylation sites is 1. The number of benzene rings is 3. The highest BCUT2D eigenvalue weighted by molar-refractivity contribution is 14.1. The topological polar surface area (TPSA) is 114 Å². The maximum Gasteiger partial charge on any atom is 0.269 e. The molecule has 8 nitrogen and oxygen atoms in total. The van der Waals surface area contributed by atoms with Gasteiger partial charge >= 0.3 is 0 Å². The lowest BCUT2D eigenvalue weighted by atomic mass is 10.1. The molecule has 0 atom stereocenters. The molecule has 178 valence electrons. The molecule has 0 aliphatic rings. The molecule has 3 aromatic rings. The van der Waals surface area contributed by atoms with Crippen molar-refractivity contribution in [3.8, 4) is 17.6 Å². The number of nitriles is 1. The predicted molar refractivity (Wildman–Crippen MR) is 141 cm³/mol. The molecule has 0 saturated carbocycles. The third-order valence-electron chi connectivity index (χ3n) is 4.91. The van der Waals surface area contributed by atoms with E-state index in [1.807, 2.05) is 38.1 Å². The Morgan fingerprint density at radius 3 is 2.63 bits per heavy atom. The van der Waals surface area contributed by atoms with Crippen LogP contribution in [0.2, 0.25) is 0 Å². The summed E-state index contributed by atoms with van der Waals surface area (Å²) in [6.45, 7) is 4.18. The number of hydrogen-bond acceptors (Lipinski definition) is 6. The number of carbonyl (C=O) groups is 1. The van der Waals surface area contributed by atoms with Gasteiger partial charge < -0.3 is 14.8 Å². The summed E-state index contributed by atoms with van der Waals surface area (Å²) in [5.41, 5.74) is 2.68. The van der Waals surface area contributed by atoms with Crippen LogP contribution in [0.25, 0.3) is 6.08 Å². The predicted octanol–water partition coefficient (Wildman–Crippen LogP) is 6.03. The van der Waals surface area contributed by atoms with Crippen molar-refractivity contribution < 1.29 is 19.2 Å². The molecule has 35 heavy (non-hydrogen) atoms. The normalized spacial score (nSPS) is 10.9. The number of nitrogens with zero attached hydrogens (tertiary/aromatic N) is 2. The van der Waals surface area contributed by atoms with Crippen molar-refractivity contribution >= 4 is 45.9 Å². The van der Waals surface area contributed by atoms with Crippen LogP contribution in [0.4, 0.5) is 11.4 Å². The summed E-state index contributed by atoms with van der Waals surface area (Å²) in [5.74, 6) is 0.396.